The van der Waals surface area contributed by atoms with Crippen LogP contribution in [0.15, 0.2) is 4.99 Å². The van der Waals surface area contributed by atoms with Gasteiger partial charge >= 0.3 is 0 Å². The molecule has 0 fully saturated rings. The molecule has 146 valence electrons. The summed E-state index contributed by atoms with van der Waals surface area (Å²) in [5.74, 6) is 0.690. The number of guanidine groups is 1. The van der Waals surface area contributed by atoms with Gasteiger partial charge in [0.1, 0.15) is 0 Å². The lowest BCUT2D eigenvalue weighted by Crippen LogP contribution is -2.41. The van der Waals surface area contributed by atoms with Gasteiger partial charge in [-0.15, -0.1) is 24.0 Å². The molecule has 0 aliphatic heterocycles. The second-order valence-electron chi connectivity index (χ2n) is 6.83. The van der Waals surface area contributed by atoms with Crippen LogP contribution in [0.3, 0.4) is 0 Å². The van der Waals surface area contributed by atoms with Crippen LogP contribution in [0.5, 0.6) is 0 Å². The summed E-state index contributed by atoms with van der Waals surface area (Å²) < 4.78 is 25.4. The molecule has 0 saturated heterocycles. The number of nitrogens with one attached hydrogen (secondary N) is 2. The van der Waals surface area contributed by atoms with Crippen molar-refractivity contribution in [3.63, 3.8) is 0 Å². The van der Waals surface area contributed by atoms with Crippen LogP contribution in [0.25, 0.3) is 0 Å². The minimum absolute atomic E-state index is 0. The van der Waals surface area contributed by atoms with Crippen LogP contribution >= 0.6 is 24.0 Å². The van der Waals surface area contributed by atoms with E-state index in [1.807, 2.05) is 32.5 Å². The predicted octanol–water partition coefficient (Wildman–Crippen LogP) is 1.92. The molecule has 1 aromatic heterocycles. The topological polar surface area (TPSA) is 88.4 Å². The van der Waals surface area contributed by atoms with Crippen molar-refractivity contribution < 1.29 is 8.42 Å². The lowest BCUT2D eigenvalue weighted by Gasteiger charge is -2.19. The van der Waals surface area contributed by atoms with Gasteiger partial charge in [-0.05, 0) is 41.5 Å². The second-order valence-corrected chi connectivity index (χ2v) is 9.69. The van der Waals surface area contributed by atoms with Crippen molar-refractivity contribution in [1.29, 1.82) is 0 Å². The van der Waals surface area contributed by atoms with E-state index in [1.54, 1.807) is 20.8 Å². The molecule has 0 atom stereocenters. The van der Waals surface area contributed by atoms with Crippen LogP contribution in [0.2, 0.25) is 0 Å². The molecule has 7 nitrogen and oxygen atoms in total. The highest BCUT2D eigenvalue weighted by Gasteiger charge is 2.28. The van der Waals surface area contributed by atoms with Gasteiger partial charge in [0.15, 0.2) is 15.8 Å². The van der Waals surface area contributed by atoms with Gasteiger partial charge in [0.2, 0.25) is 0 Å². The Kier molecular flexibility index (Phi) is 9.42. The molecule has 0 bridgehead atoms. The average molecular weight is 485 g/mol. The third-order valence-electron chi connectivity index (χ3n) is 3.99. The highest BCUT2D eigenvalue weighted by molar-refractivity contribution is 14.0. The Labute approximate surface area is 169 Å². The van der Waals surface area contributed by atoms with Crippen molar-refractivity contribution in [2.45, 2.75) is 52.8 Å². The summed E-state index contributed by atoms with van der Waals surface area (Å²) in [4.78, 5) is 4.55. The Morgan fingerprint density at radius 1 is 1.24 bits per heavy atom. The molecule has 0 spiro atoms. The summed E-state index contributed by atoms with van der Waals surface area (Å²) in [6.07, 6.45) is 0. The molecule has 2 N–H and O–H groups in total. The lowest BCUT2D eigenvalue weighted by molar-refractivity contribution is 0.559. The van der Waals surface area contributed by atoms with E-state index in [9.17, 15) is 8.42 Å². The summed E-state index contributed by atoms with van der Waals surface area (Å²) in [6.45, 7) is 12.7. The highest BCUT2D eigenvalue weighted by atomic mass is 127. The van der Waals surface area contributed by atoms with Crippen LogP contribution < -0.4 is 10.6 Å². The average Bonchev–Trinajstić information content (AvgIpc) is 2.68. The zero-order chi connectivity index (χ0) is 18.5. The zero-order valence-electron chi connectivity index (χ0n) is 16.3. The second kappa shape index (κ2) is 9.75. The largest absolute Gasteiger partial charge is 0.357 e. The van der Waals surface area contributed by atoms with Crippen LogP contribution in [-0.4, -0.2) is 47.7 Å². The first-order valence-corrected chi connectivity index (χ1v) is 9.88. The smallest absolute Gasteiger partial charge is 0.191 e. The van der Waals surface area contributed by atoms with E-state index in [0.717, 1.165) is 17.0 Å². The normalized spacial score (nSPS) is 12.7. The third kappa shape index (κ3) is 6.76. The predicted molar refractivity (Wildman–Crippen MR) is 114 cm³/mol. The molecule has 0 aliphatic rings. The van der Waals surface area contributed by atoms with Gasteiger partial charge in [0.25, 0.3) is 0 Å². The molecule has 0 unspecified atom stereocenters. The van der Waals surface area contributed by atoms with Crippen LogP contribution in [0, 0.1) is 13.8 Å². The fraction of sp³-hybridized carbons (Fsp3) is 0.750. The van der Waals surface area contributed by atoms with Gasteiger partial charge in [-0.2, -0.15) is 5.10 Å². The molecule has 1 rings (SSSR count). The van der Waals surface area contributed by atoms with Gasteiger partial charge < -0.3 is 10.6 Å². The Morgan fingerprint density at radius 3 is 2.28 bits per heavy atom. The first kappa shape index (κ1) is 24.2. The number of nitrogens with zero attached hydrogens (tertiary/aromatic N) is 3. The van der Waals surface area contributed by atoms with Crippen LogP contribution in [0.1, 0.15) is 44.6 Å². The number of aromatic nitrogens is 2. The van der Waals surface area contributed by atoms with Crippen LogP contribution in [0.4, 0.5) is 0 Å². The molecule has 25 heavy (non-hydrogen) atoms. The minimum Gasteiger partial charge on any atom is -0.357 e. The fourth-order valence-corrected chi connectivity index (χ4v) is 3.14. The molecular weight excluding hydrogens is 453 g/mol. The van der Waals surface area contributed by atoms with E-state index in [-0.39, 0.29) is 29.7 Å². The number of aryl methyl sites for hydroxylation is 2. The monoisotopic (exact) mass is 485 g/mol. The van der Waals surface area contributed by atoms with Gasteiger partial charge in [-0.3, -0.25) is 4.68 Å². The maximum atomic E-state index is 12.2. The Morgan fingerprint density at radius 2 is 1.84 bits per heavy atom. The zero-order valence-corrected chi connectivity index (χ0v) is 19.4. The Bertz CT molecular complexity index is 690. The van der Waals surface area contributed by atoms with Gasteiger partial charge in [-0.25, -0.2) is 13.4 Å². The SMILES string of the molecule is CCNC(=NCc1c(C)nn(C)c1C)NCCS(=O)(=O)C(C)(C)C.I. The highest BCUT2D eigenvalue weighted by Crippen LogP contribution is 2.15. The lowest BCUT2D eigenvalue weighted by atomic mass is 10.2. The standard InChI is InChI=1S/C16H31N5O2S.HI/c1-8-17-15(18-9-10-24(22,23)16(4,5)6)19-11-14-12(2)20-21(7)13(14)3;/h8-11H2,1-7H3,(H2,17,18,19);1H. The molecule has 0 radical (unpaired) electrons. The molecule has 9 heteroatoms. The van der Waals surface area contributed by atoms with Crippen molar-refractivity contribution in [3.8, 4) is 0 Å². The number of halogens is 1. The maximum Gasteiger partial charge on any atom is 0.191 e. The maximum absolute atomic E-state index is 12.2. The number of sulfone groups is 1. The van der Waals surface area contributed by atoms with E-state index in [2.05, 4.69) is 20.7 Å². The van der Waals surface area contributed by atoms with E-state index in [1.165, 1.54) is 0 Å². The van der Waals surface area contributed by atoms with Crippen molar-refractivity contribution >= 4 is 39.8 Å². The van der Waals surface area contributed by atoms with Crippen LogP contribution in [-0.2, 0) is 23.4 Å². The molecule has 0 aliphatic carbocycles. The molecular formula is C16H32IN5O2S. The molecule has 0 saturated carbocycles. The van der Waals surface area contributed by atoms with Crippen molar-refractivity contribution in [1.82, 2.24) is 20.4 Å². The van der Waals surface area contributed by atoms with E-state index in [4.69, 9.17) is 0 Å². The summed E-state index contributed by atoms with van der Waals surface area (Å²) in [5.41, 5.74) is 3.14. The van der Waals surface area contributed by atoms with Crippen molar-refractivity contribution in [3.05, 3.63) is 17.0 Å². The fourth-order valence-electron chi connectivity index (χ4n) is 2.16. The van der Waals surface area contributed by atoms with Gasteiger partial charge in [0.05, 0.1) is 22.7 Å². The molecule has 0 amide bonds. The summed E-state index contributed by atoms with van der Waals surface area (Å²) >= 11 is 0. The molecule has 0 aromatic carbocycles. The van der Waals surface area contributed by atoms with E-state index in [0.29, 0.717) is 25.6 Å². The summed E-state index contributed by atoms with van der Waals surface area (Å²) in [6, 6.07) is 0. The summed E-state index contributed by atoms with van der Waals surface area (Å²) in [5, 5.41) is 10.6. The van der Waals surface area contributed by atoms with E-state index < -0.39 is 14.6 Å². The first-order chi connectivity index (χ1) is 11.0. The quantitative estimate of drug-likeness (QED) is 0.365. The number of hydrogen-bond acceptors (Lipinski definition) is 4. The van der Waals surface area contributed by atoms with Gasteiger partial charge in [0, 0.05) is 31.4 Å². The number of rotatable bonds is 6. The van der Waals surface area contributed by atoms with Gasteiger partial charge in [-0.1, -0.05) is 0 Å². The van der Waals surface area contributed by atoms with Crippen molar-refractivity contribution in [2.75, 3.05) is 18.8 Å². The molecule has 1 heterocycles. The Hall–Kier alpha value is -0.840. The third-order valence-corrected chi connectivity index (χ3v) is 6.60. The molecule has 1 aromatic rings. The summed E-state index contributed by atoms with van der Waals surface area (Å²) in [7, 11) is -1.23. The van der Waals surface area contributed by atoms with Crippen molar-refractivity contribution in [2.24, 2.45) is 12.0 Å². The number of hydrogen-bond donors (Lipinski definition) is 2. The first-order valence-electron chi connectivity index (χ1n) is 8.23. The minimum atomic E-state index is -3.14. The van der Waals surface area contributed by atoms with E-state index >= 15 is 0 Å². The Balaban J connectivity index is 0.00000576. The number of aliphatic imine (C=N–C) groups is 1.